The summed E-state index contributed by atoms with van der Waals surface area (Å²) in [6, 6.07) is 5.98. The molecule has 2 aliphatic rings. The van der Waals surface area contributed by atoms with Gasteiger partial charge >= 0.3 is 0 Å². The zero-order valence-corrected chi connectivity index (χ0v) is 19.1. The molecule has 2 saturated heterocycles. The molecule has 0 saturated carbocycles. The molecule has 2 N–H and O–H groups in total. The second kappa shape index (κ2) is 11.6. The third kappa shape index (κ3) is 6.61. The van der Waals surface area contributed by atoms with Crippen molar-refractivity contribution < 1.29 is 22.7 Å². The molecule has 3 rings (SSSR count). The second-order valence-corrected chi connectivity index (χ2v) is 9.92. The molecule has 32 heavy (non-hydrogen) atoms. The molecule has 0 radical (unpaired) electrons. The van der Waals surface area contributed by atoms with Crippen LogP contribution in [0.3, 0.4) is 0 Å². The van der Waals surface area contributed by atoms with E-state index in [0.29, 0.717) is 51.3 Å². The van der Waals surface area contributed by atoms with E-state index in [2.05, 4.69) is 22.1 Å². The van der Waals surface area contributed by atoms with Gasteiger partial charge in [0.1, 0.15) is 0 Å². The largest absolute Gasteiger partial charge is 0.379 e. The van der Waals surface area contributed by atoms with Crippen LogP contribution in [0.1, 0.15) is 29.6 Å². The topological polar surface area (TPSA) is 108 Å². The van der Waals surface area contributed by atoms with E-state index in [1.165, 1.54) is 22.5 Å². The fourth-order valence-corrected chi connectivity index (χ4v) is 5.39. The number of carbonyl (C=O) groups is 2. The zero-order valence-electron chi connectivity index (χ0n) is 18.3. The molecule has 1 aromatic rings. The molecular formula is C22H32N4O5S. The molecule has 1 atom stereocenters. The van der Waals surface area contributed by atoms with Gasteiger partial charge < -0.3 is 15.4 Å². The van der Waals surface area contributed by atoms with Gasteiger partial charge in [-0.25, -0.2) is 8.42 Å². The summed E-state index contributed by atoms with van der Waals surface area (Å²) in [6.45, 7) is 8.60. The number of sulfonamides is 1. The van der Waals surface area contributed by atoms with Crippen molar-refractivity contribution in [1.29, 1.82) is 0 Å². The lowest BCUT2D eigenvalue weighted by Crippen LogP contribution is -2.41. The molecule has 0 aliphatic carbocycles. The van der Waals surface area contributed by atoms with Crippen molar-refractivity contribution in [3.8, 4) is 0 Å². The molecule has 1 aromatic carbocycles. The van der Waals surface area contributed by atoms with E-state index in [1.54, 1.807) is 12.1 Å². The number of nitrogens with zero attached hydrogens (tertiary/aromatic N) is 2. The summed E-state index contributed by atoms with van der Waals surface area (Å²) >= 11 is 0. The number of carbonyl (C=O) groups excluding carboxylic acids is 2. The average Bonchev–Trinajstić information content (AvgIpc) is 3.06. The van der Waals surface area contributed by atoms with Gasteiger partial charge in [-0.15, -0.1) is 0 Å². The van der Waals surface area contributed by atoms with Gasteiger partial charge in [-0.1, -0.05) is 6.58 Å². The zero-order chi connectivity index (χ0) is 23.0. The van der Waals surface area contributed by atoms with E-state index in [9.17, 15) is 18.0 Å². The standard InChI is InChI=1S/C22H32N4O5S/c1-2-21(27)24-19-4-3-11-26(12-9-19)32(29,30)20-7-5-18(6-8-20)22(28)23-10-13-25-14-16-31-17-15-25/h2,5-8,19H,1,3-4,9-17H2,(H,23,28)(H,24,27). The third-order valence-electron chi connectivity index (χ3n) is 5.79. The highest BCUT2D eigenvalue weighted by atomic mass is 32.2. The Morgan fingerprint density at radius 2 is 1.81 bits per heavy atom. The molecule has 1 unspecified atom stereocenters. The van der Waals surface area contributed by atoms with Crippen LogP contribution in [0.4, 0.5) is 0 Å². The molecule has 0 spiro atoms. The van der Waals surface area contributed by atoms with Crippen molar-refractivity contribution in [1.82, 2.24) is 19.8 Å². The highest BCUT2D eigenvalue weighted by Gasteiger charge is 2.28. The number of benzene rings is 1. The van der Waals surface area contributed by atoms with Gasteiger partial charge in [-0.2, -0.15) is 4.31 Å². The molecule has 9 nitrogen and oxygen atoms in total. The normalized spacial score (nSPS) is 20.8. The molecule has 0 bridgehead atoms. The van der Waals surface area contributed by atoms with Crippen LogP contribution in [0.2, 0.25) is 0 Å². The van der Waals surface area contributed by atoms with Crippen LogP contribution in [0.5, 0.6) is 0 Å². The first-order valence-electron chi connectivity index (χ1n) is 11.0. The van der Waals surface area contributed by atoms with Gasteiger partial charge in [0.25, 0.3) is 5.91 Å². The summed E-state index contributed by atoms with van der Waals surface area (Å²) in [5.41, 5.74) is 0.425. The van der Waals surface area contributed by atoms with Crippen molar-refractivity contribution in [2.45, 2.75) is 30.2 Å². The molecule has 2 heterocycles. The van der Waals surface area contributed by atoms with Gasteiger partial charge in [0, 0.05) is 50.9 Å². The molecule has 2 aliphatic heterocycles. The Labute approximate surface area is 189 Å². The smallest absolute Gasteiger partial charge is 0.251 e. The SMILES string of the molecule is C=CC(=O)NC1CCCN(S(=O)(=O)c2ccc(C(=O)NCCN3CCOCC3)cc2)CC1. The first-order chi connectivity index (χ1) is 15.4. The average molecular weight is 465 g/mol. The lowest BCUT2D eigenvalue weighted by molar-refractivity contribution is -0.117. The number of ether oxygens (including phenoxy) is 1. The Balaban J connectivity index is 1.53. The molecular weight excluding hydrogens is 432 g/mol. The lowest BCUT2D eigenvalue weighted by Gasteiger charge is -2.26. The highest BCUT2D eigenvalue weighted by Crippen LogP contribution is 2.21. The Bertz CT molecular complexity index is 897. The van der Waals surface area contributed by atoms with Crippen LogP contribution in [0.15, 0.2) is 41.8 Å². The summed E-state index contributed by atoms with van der Waals surface area (Å²) in [5, 5.41) is 5.72. The maximum atomic E-state index is 13.1. The maximum Gasteiger partial charge on any atom is 0.251 e. The predicted molar refractivity (Wildman–Crippen MR) is 121 cm³/mol. The van der Waals surface area contributed by atoms with Crippen LogP contribution >= 0.6 is 0 Å². The molecule has 2 amide bonds. The molecule has 0 aromatic heterocycles. The van der Waals surface area contributed by atoms with Crippen molar-refractivity contribution in [3.05, 3.63) is 42.5 Å². The van der Waals surface area contributed by atoms with Crippen molar-refractivity contribution >= 4 is 21.8 Å². The summed E-state index contributed by atoms with van der Waals surface area (Å²) in [4.78, 5) is 26.3. The first kappa shape index (κ1) is 24.4. The third-order valence-corrected chi connectivity index (χ3v) is 7.70. The number of hydrogen-bond donors (Lipinski definition) is 2. The summed E-state index contributed by atoms with van der Waals surface area (Å²) in [5.74, 6) is -0.470. The summed E-state index contributed by atoms with van der Waals surface area (Å²) in [7, 11) is -3.67. The van der Waals surface area contributed by atoms with Crippen LogP contribution < -0.4 is 10.6 Å². The number of nitrogens with one attached hydrogen (secondary N) is 2. The van der Waals surface area contributed by atoms with Crippen LogP contribution in [0.25, 0.3) is 0 Å². The molecule has 176 valence electrons. The van der Waals surface area contributed by atoms with E-state index >= 15 is 0 Å². The molecule has 10 heteroatoms. The first-order valence-corrected chi connectivity index (χ1v) is 12.5. The minimum atomic E-state index is -3.67. The number of rotatable bonds is 8. The Morgan fingerprint density at radius 3 is 2.50 bits per heavy atom. The van der Waals surface area contributed by atoms with Crippen LogP contribution in [0, 0.1) is 0 Å². The number of hydrogen-bond acceptors (Lipinski definition) is 6. The maximum absolute atomic E-state index is 13.1. The minimum Gasteiger partial charge on any atom is -0.379 e. The van der Waals surface area contributed by atoms with Crippen molar-refractivity contribution in [2.75, 3.05) is 52.5 Å². The fourth-order valence-electron chi connectivity index (χ4n) is 3.90. The Kier molecular flexibility index (Phi) is 8.80. The monoisotopic (exact) mass is 464 g/mol. The Morgan fingerprint density at radius 1 is 1.09 bits per heavy atom. The predicted octanol–water partition coefficient (Wildman–Crippen LogP) is 0.594. The van der Waals surface area contributed by atoms with Gasteiger partial charge in [0.2, 0.25) is 15.9 Å². The van der Waals surface area contributed by atoms with Gasteiger partial charge in [0.15, 0.2) is 0 Å². The highest BCUT2D eigenvalue weighted by molar-refractivity contribution is 7.89. The van der Waals surface area contributed by atoms with E-state index < -0.39 is 10.0 Å². The van der Waals surface area contributed by atoms with Crippen LogP contribution in [-0.4, -0.2) is 88.0 Å². The fraction of sp³-hybridized carbons (Fsp3) is 0.545. The summed E-state index contributed by atoms with van der Waals surface area (Å²) in [6.07, 6.45) is 3.14. The number of morpholine rings is 1. The van der Waals surface area contributed by atoms with Gasteiger partial charge in [-0.3, -0.25) is 14.5 Å². The van der Waals surface area contributed by atoms with Crippen molar-refractivity contribution in [2.24, 2.45) is 0 Å². The van der Waals surface area contributed by atoms with E-state index in [0.717, 1.165) is 26.1 Å². The lowest BCUT2D eigenvalue weighted by atomic mass is 10.1. The minimum absolute atomic E-state index is 0.0655. The van der Waals surface area contributed by atoms with Gasteiger partial charge in [0.05, 0.1) is 18.1 Å². The summed E-state index contributed by atoms with van der Waals surface area (Å²) < 4.78 is 32.9. The second-order valence-electron chi connectivity index (χ2n) is 7.98. The van der Waals surface area contributed by atoms with E-state index in [-0.39, 0.29) is 22.8 Å². The van der Waals surface area contributed by atoms with Gasteiger partial charge in [-0.05, 0) is 49.6 Å². The number of amides is 2. The van der Waals surface area contributed by atoms with Crippen molar-refractivity contribution in [3.63, 3.8) is 0 Å². The van der Waals surface area contributed by atoms with E-state index in [4.69, 9.17) is 4.74 Å². The van der Waals surface area contributed by atoms with E-state index in [1.807, 2.05) is 0 Å². The quantitative estimate of drug-likeness (QED) is 0.546. The van der Waals surface area contributed by atoms with Crippen LogP contribution in [-0.2, 0) is 19.6 Å². The molecule has 2 fully saturated rings. The Hall–Kier alpha value is -2.27.